The first-order valence-corrected chi connectivity index (χ1v) is 22.3. The van der Waals surface area contributed by atoms with E-state index in [0.29, 0.717) is 10.8 Å². The Kier molecular flexibility index (Phi) is 11.4. The van der Waals surface area contributed by atoms with E-state index in [-0.39, 0.29) is 13.2 Å². The topological polar surface area (TPSA) is 40.5 Å². The fraction of sp³-hybridized carbons (Fsp3) is 0.829. The predicted molar refractivity (Wildman–Crippen MR) is 199 cm³/mol. The molecule has 0 radical (unpaired) electrons. The molecular weight excluding hydrogens is 645 g/mol. The SMILES string of the molecule is CC(C)CCC[C@@H](C)[C@H]1CC[C@H]2[C@@H]3CC[C@H]4CC5=C(C[C@]4(C)[C@H]3CC[C@]12C)SC(=C1SC(SCCO)=C(SCCO)S1)S5. The highest BCUT2D eigenvalue weighted by molar-refractivity contribution is 8.42. The molecule has 2 heterocycles. The summed E-state index contributed by atoms with van der Waals surface area (Å²) in [4.78, 5) is 3.39. The van der Waals surface area contributed by atoms with Gasteiger partial charge in [-0.2, -0.15) is 0 Å². The minimum Gasteiger partial charge on any atom is -0.396 e. The smallest absolute Gasteiger partial charge is 0.0717 e. The molecule has 0 aromatic carbocycles. The van der Waals surface area contributed by atoms with Crippen molar-refractivity contribution in [3.05, 3.63) is 26.8 Å². The summed E-state index contributed by atoms with van der Waals surface area (Å²) < 4.78 is 5.58. The quantitative estimate of drug-likeness (QED) is 0.221. The highest BCUT2D eigenvalue weighted by Gasteiger charge is 2.61. The second kappa shape index (κ2) is 14.4. The van der Waals surface area contributed by atoms with Crippen molar-refractivity contribution in [3.8, 4) is 0 Å². The van der Waals surface area contributed by atoms with Crippen molar-refractivity contribution in [1.82, 2.24) is 0 Å². The number of rotatable bonds is 11. The molecule has 8 atom stereocenters. The molecule has 4 aliphatic carbocycles. The summed E-state index contributed by atoms with van der Waals surface area (Å²) in [7, 11) is 0. The lowest BCUT2D eigenvalue weighted by molar-refractivity contribution is -0.101. The van der Waals surface area contributed by atoms with Crippen molar-refractivity contribution >= 4 is 70.6 Å². The van der Waals surface area contributed by atoms with Crippen molar-refractivity contribution in [1.29, 1.82) is 0 Å². The molecule has 3 saturated carbocycles. The molecule has 0 amide bonds. The average Bonchev–Trinajstić information content (AvgIpc) is 3.67. The Morgan fingerprint density at radius 1 is 0.767 bits per heavy atom. The van der Waals surface area contributed by atoms with Gasteiger partial charge in [-0.05, 0) is 104 Å². The normalized spacial score (nSPS) is 38.1. The molecule has 2 nitrogen and oxygen atoms in total. The van der Waals surface area contributed by atoms with Gasteiger partial charge in [0.05, 0.1) is 30.2 Å². The molecule has 242 valence electrons. The third kappa shape index (κ3) is 6.77. The van der Waals surface area contributed by atoms with Crippen LogP contribution in [0.25, 0.3) is 0 Å². The molecule has 0 bridgehead atoms. The Morgan fingerprint density at radius 2 is 1.42 bits per heavy atom. The molecule has 0 spiro atoms. The molecule has 0 saturated heterocycles. The summed E-state index contributed by atoms with van der Waals surface area (Å²) in [5.74, 6) is 7.85. The molecule has 6 aliphatic rings. The van der Waals surface area contributed by atoms with Gasteiger partial charge in [0.1, 0.15) is 0 Å². The van der Waals surface area contributed by atoms with Crippen molar-refractivity contribution in [2.75, 3.05) is 24.7 Å². The van der Waals surface area contributed by atoms with Crippen molar-refractivity contribution in [2.45, 2.75) is 105 Å². The van der Waals surface area contributed by atoms with Gasteiger partial charge < -0.3 is 10.2 Å². The lowest BCUT2D eigenvalue weighted by atomic mass is 9.45. The largest absolute Gasteiger partial charge is 0.396 e. The highest BCUT2D eigenvalue weighted by Crippen LogP contribution is 2.72. The minimum atomic E-state index is 0.211. The molecule has 6 rings (SSSR count). The van der Waals surface area contributed by atoms with Gasteiger partial charge in [-0.3, -0.25) is 0 Å². The van der Waals surface area contributed by atoms with E-state index in [1.807, 2.05) is 23.5 Å². The monoisotopic (exact) mass is 698 g/mol. The van der Waals surface area contributed by atoms with E-state index in [0.717, 1.165) is 52.9 Å². The van der Waals surface area contributed by atoms with Crippen molar-refractivity contribution < 1.29 is 10.2 Å². The molecule has 43 heavy (non-hydrogen) atoms. The maximum Gasteiger partial charge on any atom is 0.0717 e. The van der Waals surface area contributed by atoms with E-state index in [9.17, 15) is 10.2 Å². The Morgan fingerprint density at radius 3 is 2.09 bits per heavy atom. The first-order valence-electron chi connectivity index (χ1n) is 17.1. The molecule has 8 heteroatoms. The first kappa shape index (κ1) is 34.1. The van der Waals surface area contributed by atoms with Gasteiger partial charge in [-0.25, -0.2) is 0 Å². The number of hydrogen-bond donors (Lipinski definition) is 2. The highest BCUT2D eigenvalue weighted by atomic mass is 32.3. The lowest BCUT2D eigenvalue weighted by Gasteiger charge is -2.60. The van der Waals surface area contributed by atoms with Crippen LogP contribution in [-0.4, -0.2) is 34.9 Å². The summed E-state index contributed by atoms with van der Waals surface area (Å²) in [6, 6.07) is 0. The first-order chi connectivity index (χ1) is 20.7. The fourth-order valence-corrected chi connectivity index (χ4v) is 19.1. The molecule has 0 unspecified atom stereocenters. The Labute approximate surface area is 287 Å². The molecule has 2 aliphatic heterocycles. The number of fused-ring (bicyclic) bond motifs is 5. The predicted octanol–water partition coefficient (Wildman–Crippen LogP) is 11.6. The Bertz CT molecular complexity index is 1110. The average molecular weight is 699 g/mol. The van der Waals surface area contributed by atoms with Gasteiger partial charge in [0.15, 0.2) is 0 Å². The second-order valence-electron chi connectivity index (χ2n) is 15.1. The molecule has 0 aromatic rings. The number of hydrogen-bond acceptors (Lipinski definition) is 8. The summed E-state index contributed by atoms with van der Waals surface area (Å²) in [5.41, 5.74) is 1.05. The van der Waals surface area contributed by atoms with Crippen molar-refractivity contribution in [2.24, 2.45) is 52.3 Å². The number of allylic oxidation sites excluding steroid dienone is 2. The van der Waals surface area contributed by atoms with Gasteiger partial charge in [-0.15, -0.1) is 23.5 Å². The van der Waals surface area contributed by atoms with Crippen LogP contribution in [0.2, 0.25) is 0 Å². The zero-order valence-corrected chi connectivity index (χ0v) is 31.9. The van der Waals surface area contributed by atoms with E-state index in [1.165, 1.54) is 87.6 Å². The maximum absolute atomic E-state index is 9.43. The van der Waals surface area contributed by atoms with Crippen LogP contribution in [0.1, 0.15) is 105 Å². The van der Waals surface area contributed by atoms with Crippen LogP contribution in [0.3, 0.4) is 0 Å². The molecule has 2 N–H and O–H groups in total. The summed E-state index contributed by atoms with van der Waals surface area (Å²) in [6.07, 6.45) is 15.8. The third-order valence-corrected chi connectivity index (χ3v) is 21.0. The van der Waals surface area contributed by atoms with Crippen LogP contribution >= 0.6 is 70.6 Å². The van der Waals surface area contributed by atoms with Gasteiger partial charge in [0.25, 0.3) is 0 Å². The van der Waals surface area contributed by atoms with E-state index in [1.54, 1.807) is 33.3 Å². The van der Waals surface area contributed by atoms with Crippen LogP contribution in [0.15, 0.2) is 26.8 Å². The van der Waals surface area contributed by atoms with Crippen LogP contribution < -0.4 is 0 Å². The van der Waals surface area contributed by atoms with E-state index < -0.39 is 0 Å². The lowest BCUT2D eigenvalue weighted by Crippen LogP contribution is -2.53. The third-order valence-electron chi connectivity index (χ3n) is 12.3. The van der Waals surface area contributed by atoms with Crippen LogP contribution in [0.5, 0.6) is 0 Å². The van der Waals surface area contributed by atoms with E-state index in [4.69, 9.17) is 0 Å². The fourth-order valence-electron chi connectivity index (χ4n) is 10.3. The van der Waals surface area contributed by atoms with Crippen LogP contribution in [-0.2, 0) is 0 Å². The van der Waals surface area contributed by atoms with Gasteiger partial charge in [-0.1, -0.05) is 101 Å². The summed E-state index contributed by atoms with van der Waals surface area (Å²) >= 11 is 11.6. The Balaban J connectivity index is 1.13. The maximum atomic E-state index is 9.43. The molecule has 3 fully saturated rings. The van der Waals surface area contributed by atoms with Gasteiger partial charge in [0.2, 0.25) is 0 Å². The number of aliphatic hydroxyl groups is 2. The zero-order chi connectivity index (χ0) is 30.4. The standard InChI is InChI=1S/C35H54O2S6/c1-21(2)7-6-8-22(3)25-11-12-26-24-10-9-23-19-28-29(20-35(23,5)27(24)13-14-34(25,26)4)41-32(40-28)33-42-30(38-17-15-36)31(43-33)39-18-16-37/h21-27,36-37H,6-20H2,1-5H3/t22-,23+,24+,25-,26+,27+,34-,35+/m1/s1. The van der Waals surface area contributed by atoms with Gasteiger partial charge in [0, 0.05) is 21.3 Å². The van der Waals surface area contributed by atoms with Gasteiger partial charge >= 0.3 is 0 Å². The summed E-state index contributed by atoms with van der Waals surface area (Å²) in [5, 5.41) is 18.9. The molecule has 0 aromatic heterocycles. The molecular formula is C35H54O2S6. The van der Waals surface area contributed by atoms with E-state index in [2.05, 4.69) is 58.1 Å². The Hall–Kier alpha value is 1.24. The number of thioether (sulfide) groups is 6. The number of aliphatic hydroxyl groups excluding tert-OH is 2. The zero-order valence-electron chi connectivity index (χ0n) is 27.0. The second-order valence-corrected chi connectivity index (χ2v) is 22.6. The van der Waals surface area contributed by atoms with Crippen LogP contribution in [0, 0.1) is 52.3 Å². The minimum absolute atomic E-state index is 0.211. The van der Waals surface area contributed by atoms with Crippen molar-refractivity contribution in [3.63, 3.8) is 0 Å². The van der Waals surface area contributed by atoms with Crippen LogP contribution in [0.4, 0.5) is 0 Å². The summed E-state index contributed by atoms with van der Waals surface area (Å²) in [6.45, 7) is 13.3. The van der Waals surface area contributed by atoms with E-state index >= 15 is 0 Å².